The molecular weight excluding hydrogens is 349 g/mol. The van der Waals surface area contributed by atoms with Crippen molar-refractivity contribution in [2.45, 2.75) is 12.7 Å². The van der Waals surface area contributed by atoms with E-state index >= 15 is 0 Å². The molecule has 1 aromatic carbocycles. The van der Waals surface area contributed by atoms with E-state index in [9.17, 15) is 17.6 Å². The van der Waals surface area contributed by atoms with Crippen molar-refractivity contribution in [3.63, 3.8) is 0 Å². The Labute approximate surface area is 133 Å². The van der Waals surface area contributed by atoms with E-state index in [0.29, 0.717) is 0 Å². The van der Waals surface area contributed by atoms with Crippen LogP contribution in [-0.2, 0) is 0 Å². The zero-order valence-electron chi connectivity index (χ0n) is 10.6. The van der Waals surface area contributed by atoms with Crippen LogP contribution < -0.4 is 10.5 Å². The fourth-order valence-electron chi connectivity index (χ4n) is 1.59. The predicted octanol–water partition coefficient (Wildman–Crippen LogP) is 3.48. The van der Waals surface area contributed by atoms with E-state index in [1.807, 2.05) is 0 Å². The Morgan fingerprint density at radius 1 is 1.14 bits per heavy atom. The smallest absolute Gasteiger partial charge is 0.389 e. The van der Waals surface area contributed by atoms with Crippen LogP contribution in [0.2, 0.25) is 5.02 Å². The molecule has 0 aliphatic carbocycles. The Kier molecular flexibility index (Phi) is 6.34. The Bertz CT molecular complexity index is 643. The predicted molar refractivity (Wildman–Crippen MR) is 73.3 cm³/mol. The maximum Gasteiger partial charge on any atom is 0.389 e. The van der Waals surface area contributed by atoms with Crippen molar-refractivity contribution in [1.29, 1.82) is 0 Å². The third-order valence-electron chi connectivity index (χ3n) is 2.60. The molecule has 2 aromatic rings. The normalized spacial score (nSPS) is 12.0. The van der Waals surface area contributed by atoms with Crippen LogP contribution in [0.3, 0.4) is 0 Å². The van der Waals surface area contributed by atoms with Crippen LogP contribution >= 0.6 is 24.0 Å². The Balaban J connectivity index is 0.00000242. The fraction of sp³-hybridized carbons (Fsp3) is 0.167. The largest absolute Gasteiger partial charge is 0.401 e. The molecule has 0 fully saturated rings. The van der Waals surface area contributed by atoms with Crippen LogP contribution in [0.5, 0.6) is 6.01 Å². The molecule has 1 aromatic heterocycles. The van der Waals surface area contributed by atoms with Gasteiger partial charge in [-0.1, -0.05) is 17.7 Å². The molecule has 0 radical (unpaired) electrons. The van der Waals surface area contributed by atoms with Gasteiger partial charge in [0, 0.05) is 23.5 Å². The molecule has 0 spiro atoms. The first-order chi connectivity index (χ1) is 9.90. The van der Waals surface area contributed by atoms with Gasteiger partial charge in [0.2, 0.25) is 0 Å². The number of hydrogen-bond acceptors (Lipinski definition) is 4. The number of hydrogen-bond donors (Lipinski definition) is 1. The lowest BCUT2D eigenvalue weighted by molar-refractivity contribution is -0.0561. The monoisotopic (exact) mass is 357 g/mol. The Hall–Kier alpha value is -1.64. The lowest BCUT2D eigenvalue weighted by atomic mass is 10.0. The zero-order valence-corrected chi connectivity index (χ0v) is 12.2. The minimum atomic E-state index is -3.06. The third kappa shape index (κ3) is 3.96. The molecular formula is C12H9Cl2F4N3O. The second kappa shape index (κ2) is 7.57. The molecule has 0 saturated heterocycles. The topological polar surface area (TPSA) is 61.0 Å². The third-order valence-corrected chi connectivity index (χ3v) is 2.95. The quantitative estimate of drug-likeness (QED) is 0.672. The zero-order chi connectivity index (χ0) is 15.6. The molecule has 0 aliphatic rings. The average molecular weight is 358 g/mol. The van der Waals surface area contributed by atoms with Crippen molar-refractivity contribution < 1.29 is 22.3 Å². The summed E-state index contributed by atoms with van der Waals surface area (Å²) in [5.41, 5.74) is 5.94. The summed E-state index contributed by atoms with van der Waals surface area (Å²) in [6, 6.07) is 0.516. The van der Waals surface area contributed by atoms with Crippen molar-refractivity contribution in [2.75, 3.05) is 0 Å². The minimum Gasteiger partial charge on any atom is -0.401 e. The van der Waals surface area contributed by atoms with E-state index in [4.69, 9.17) is 17.3 Å². The number of rotatable bonds is 4. The van der Waals surface area contributed by atoms with Crippen molar-refractivity contribution in [1.82, 2.24) is 9.97 Å². The van der Waals surface area contributed by atoms with E-state index in [1.165, 1.54) is 0 Å². The van der Waals surface area contributed by atoms with Gasteiger partial charge in [-0.05, 0) is 6.07 Å². The first-order valence-corrected chi connectivity index (χ1v) is 5.93. The highest BCUT2D eigenvalue weighted by Crippen LogP contribution is 2.28. The Morgan fingerprint density at radius 2 is 1.73 bits per heavy atom. The second-order valence-electron chi connectivity index (χ2n) is 3.92. The SMILES string of the molecule is Cl.NC(c1cnc(OC(F)F)nc1)c1ccc(F)c(Cl)c1F. The number of nitrogens with two attached hydrogens (primary N) is 1. The summed E-state index contributed by atoms with van der Waals surface area (Å²) in [7, 11) is 0. The van der Waals surface area contributed by atoms with Gasteiger partial charge >= 0.3 is 12.6 Å². The fourth-order valence-corrected chi connectivity index (χ4v) is 1.76. The minimum absolute atomic E-state index is 0. The van der Waals surface area contributed by atoms with Crippen LogP contribution in [-0.4, -0.2) is 16.6 Å². The average Bonchev–Trinajstić information content (AvgIpc) is 2.44. The standard InChI is InChI=1S/C12H8ClF4N3O.ClH/c13-8-7(14)2-1-6(9(8)15)10(18)5-3-19-12(20-4-5)21-11(16)17;/h1-4,10-11H,18H2;1H. The summed E-state index contributed by atoms with van der Waals surface area (Å²) in [5.74, 6) is -1.92. The highest BCUT2D eigenvalue weighted by Gasteiger charge is 2.19. The van der Waals surface area contributed by atoms with Gasteiger partial charge in [0.25, 0.3) is 0 Å². The molecule has 0 saturated carbocycles. The molecule has 0 bridgehead atoms. The molecule has 0 amide bonds. The summed E-state index contributed by atoms with van der Waals surface area (Å²) in [6.07, 6.45) is 2.21. The van der Waals surface area contributed by atoms with Gasteiger partial charge in [-0.25, -0.2) is 18.7 Å². The molecule has 120 valence electrons. The van der Waals surface area contributed by atoms with Gasteiger partial charge in [-0.2, -0.15) is 8.78 Å². The maximum absolute atomic E-state index is 13.8. The number of aromatic nitrogens is 2. The molecule has 22 heavy (non-hydrogen) atoms. The van der Waals surface area contributed by atoms with E-state index in [-0.39, 0.29) is 23.5 Å². The summed E-state index contributed by atoms with van der Waals surface area (Å²) in [4.78, 5) is 7.02. The highest BCUT2D eigenvalue weighted by atomic mass is 35.5. The lowest BCUT2D eigenvalue weighted by Gasteiger charge is -2.14. The summed E-state index contributed by atoms with van der Waals surface area (Å²) in [6.45, 7) is -3.06. The van der Waals surface area contributed by atoms with Gasteiger partial charge in [0.05, 0.1) is 6.04 Å². The summed E-state index contributed by atoms with van der Waals surface area (Å²) < 4.78 is 54.8. The van der Waals surface area contributed by atoms with Crippen LogP contribution in [0.4, 0.5) is 17.6 Å². The van der Waals surface area contributed by atoms with Crippen molar-refractivity contribution in [3.8, 4) is 6.01 Å². The summed E-state index contributed by atoms with van der Waals surface area (Å²) in [5, 5.41) is -0.679. The van der Waals surface area contributed by atoms with E-state index in [0.717, 1.165) is 24.5 Å². The number of nitrogens with zero attached hydrogens (tertiary/aromatic N) is 2. The van der Waals surface area contributed by atoms with Crippen molar-refractivity contribution >= 4 is 24.0 Å². The number of ether oxygens (including phenoxy) is 1. The Morgan fingerprint density at radius 3 is 2.27 bits per heavy atom. The first-order valence-electron chi connectivity index (χ1n) is 5.56. The van der Waals surface area contributed by atoms with E-state index in [1.54, 1.807) is 0 Å². The molecule has 10 heteroatoms. The van der Waals surface area contributed by atoms with Crippen LogP contribution in [0.1, 0.15) is 17.2 Å². The lowest BCUT2D eigenvalue weighted by Crippen LogP contribution is -2.15. The number of benzene rings is 1. The van der Waals surface area contributed by atoms with E-state index in [2.05, 4.69) is 14.7 Å². The molecule has 2 rings (SSSR count). The van der Waals surface area contributed by atoms with Crippen LogP contribution in [0, 0.1) is 11.6 Å². The van der Waals surface area contributed by atoms with Gasteiger partial charge in [0.15, 0.2) is 0 Å². The van der Waals surface area contributed by atoms with Crippen molar-refractivity contribution in [3.05, 3.63) is 52.3 Å². The second-order valence-corrected chi connectivity index (χ2v) is 4.30. The van der Waals surface area contributed by atoms with Crippen molar-refractivity contribution in [2.24, 2.45) is 5.73 Å². The van der Waals surface area contributed by atoms with Crippen LogP contribution in [0.25, 0.3) is 0 Å². The first kappa shape index (κ1) is 18.4. The van der Waals surface area contributed by atoms with Gasteiger partial charge < -0.3 is 10.5 Å². The van der Waals surface area contributed by atoms with E-state index < -0.39 is 35.3 Å². The number of alkyl halides is 2. The van der Waals surface area contributed by atoms with Gasteiger partial charge in [-0.3, -0.25) is 0 Å². The maximum atomic E-state index is 13.8. The number of halogens is 6. The molecule has 4 nitrogen and oxygen atoms in total. The summed E-state index contributed by atoms with van der Waals surface area (Å²) >= 11 is 5.46. The van der Waals surface area contributed by atoms with Crippen LogP contribution in [0.15, 0.2) is 24.5 Å². The highest BCUT2D eigenvalue weighted by molar-refractivity contribution is 6.30. The molecule has 2 N–H and O–H groups in total. The molecule has 0 aliphatic heterocycles. The molecule has 1 atom stereocenters. The molecule has 1 unspecified atom stereocenters. The van der Waals surface area contributed by atoms with Gasteiger partial charge in [-0.15, -0.1) is 12.4 Å². The van der Waals surface area contributed by atoms with Gasteiger partial charge in [0.1, 0.15) is 16.7 Å². The molecule has 1 heterocycles.